The lowest BCUT2D eigenvalue weighted by molar-refractivity contribution is 0.821. The largest absolute Gasteiger partial charge is 0.323 e. The summed E-state index contributed by atoms with van der Waals surface area (Å²) in [5.74, 6) is 0.911. The molecule has 1 unspecified atom stereocenters. The zero-order chi connectivity index (χ0) is 14.7. The molecule has 2 aromatic carbocycles. The van der Waals surface area contributed by atoms with Gasteiger partial charge in [-0.1, -0.05) is 41.5 Å². The number of nitrogens with two attached hydrogens (primary N) is 1. The first-order valence-electron chi connectivity index (χ1n) is 7.00. The second-order valence-corrected chi connectivity index (χ2v) is 6.61. The normalized spacial score (nSPS) is 12.4. The molecule has 2 heteroatoms. The molecule has 106 valence electrons. The summed E-state index contributed by atoms with van der Waals surface area (Å²) < 4.78 is 0. The van der Waals surface area contributed by atoms with E-state index in [4.69, 9.17) is 5.73 Å². The van der Waals surface area contributed by atoms with E-state index in [1.807, 2.05) is 11.8 Å². The molecule has 0 fully saturated rings. The lowest BCUT2D eigenvalue weighted by Crippen LogP contribution is -2.14. The Labute approximate surface area is 126 Å². The van der Waals surface area contributed by atoms with Gasteiger partial charge in [-0.15, -0.1) is 11.8 Å². The van der Waals surface area contributed by atoms with Crippen LogP contribution in [0.15, 0.2) is 41.3 Å². The third kappa shape index (κ3) is 3.65. The first kappa shape index (κ1) is 15.1. The van der Waals surface area contributed by atoms with Gasteiger partial charge in [0, 0.05) is 16.7 Å². The van der Waals surface area contributed by atoms with Crippen LogP contribution in [0.5, 0.6) is 0 Å². The maximum atomic E-state index is 6.37. The molecule has 0 aliphatic heterocycles. The molecule has 1 nitrogen and oxygen atoms in total. The second kappa shape index (κ2) is 6.47. The Morgan fingerprint density at radius 3 is 2.25 bits per heavy atom. The van der Waals surface area contributed by atoms with Crippen molar-refractivity contribution in [2.24, 2.45) is 5.73 Å². The molecule has 0 aliphatic carbocycles. The number of thioether (sulfide) groups is 1. The number of aryl methyl sites for hydroxylation is 4. The smallest absolute Gasteiger partial charge is 0.0393 e. The van der Waals surface area contributed by atoms with Crippen LogP contribution in [0.1, 0.15) is 33.9 Å². The van der Waals surface area contributed by atoms with Gasteiger partial charge in [-0.25, -0.2) is 0 Å². The molecule has 2 aromatic rings. The maximum absolute atomic E-state index is 6.37. The zero-order valence-electron chi connectivity index (χ0n) is 12.7. The SMILES string of the molecule is Cc1ccc(SCC(N)c2cc(C)ccc2C)c(C)c1. The van der Waals surface area contributed by atoms with E-state index >= 15 is 0 Å². The van der Waals surface area contributed by atoms with Crippen molar-refractivity contribution in [3.05, 3.63) is 64.2 Å². The summed E-state index contributed by atoms with van der Waals surface area (Å²) >= 11 is 1.85. The Morgan fingerprint density at radius 2 is 1.55 bits per heavy atom. The first-order chi connectivity index (χ1) is 9.47. The Hall–Kier alpha value is -1.25. The number of benzene rings is 2. The third-order valence-electron chi connectivity index (χ3n) is 3.58. The second-order valence-electron chi connectivity index (χ2n) is 5.55. The standard InChI is InChI=1S/C18H23NS/c1-12-6-8-18(15(4)9-12)20-11-17(19)16-10-13(2)5-7-14(16)3/h5-10,17H,11,19H2,1-4H3. The summed E-state index contributed by atoms with van der Waals surface area (Å²) in [5.41, 5.74) is 12.8. The van der Waals surface area contributed by atoms with Crippen LogP contribution in [0.3, 0.4) is 0 Å². The minimum Gasteiger partial charge on any atom is -0.323 e. The van der Waals surface area contributed by atoms with E-state index in [0.717, 1.165) is 5.75 Å². The zero-order valence-corrected chi connectivity index (χ0v) is 13.6. The van der Waals surface area contributed by atoms with Gasteiger partial charge < -0.3 is 5.73 Å². The molecule has 0 spiro atoms. The highest BCUT2D eigenvalue weighted by atomic mass is 32.2. The molecular weight excluding hydrogens is 262 g/mol. The van der Waals surface area contributed by atoms with Crippen molar-refractivity contribution in [1.82, 2.24) is 0 Å². The van der Waals surface area contributed by atoms with Crippen LogP contribution in [-0.2, 0) is 0 Å². The minimum atomic E-state index is 0.0839. The van der Waals surface area contributed by atoms with Crippen molar-refractivity contribution in [1.29, 1.82) is 0 Å². The molecule has 0 saturated carbocycles. The fourth-order valence-electron chi connectivity index (χ4n) is 2.39. The van der Waals surface area contributed by atoms with Crippen LogP contribution >= 0.6 is 11.8 Å². The van der Waals surface area contributed by atoms with Crippen molar-refractivity contribution >= 4 is 11.8 Å². The Morgan fingerprint density at radius 1 is 0.900 bits per heavy atom. The summed E-state index contributed by atoms with van der Waals surface area (Å²) in [6, 6.07) is 13.2. The number of hydrogen-bond donors (Lipinski definition) is 1. The van der Waals surface area contributed by atoms with E-state index in [2.05, 4.69) is 64.1 Å². The molecule has 0 amide bonds. The topological polar surface area (TPSA) is 26.0 Å². The fraction of sp³-hybridized carbons (Fsp3) is 0.333. The van der Waals surface area contributed by atoms with E-state index in [9.17, 15) is 0 Å². The van der Waals surface area contributed by atoms with Crippen molar-refractivity contribution in [3.63, 3.8) is 0 Å². The maximum Gasteiger partial charge on any atom is 0.0393 e. The van der Waals surface area contributed by atoms with Gasteiger partial charge in [-0.2, -0.15) is 0 Å². The highest BCUT2D eigenvalue weighted by molar-refractivity contribution is 7.99. The highest BCUT2D eigenvalue weighted by Gasteiger charge is 2.10. The minimum absolute atomic E-state index is 0.0839. The van der Waals surface area contributed by atoms with Crippen LogP contribution < -0.4 is 5.73 Å². The van der Waals surface area contributed by atoms with E-state index in [0.29, 0.717) is 0 Å². The van der Waals surface area contributed by atoms with Crippen LogP contribution in [0.2, 0.25) is 0 Å². The lowest BCUT2D eigenvalue weighted by atomic mass is 10.0. The molecule has 2 rings (SSSR count). The van der Waals surface area contributed by atoms with E-state index in [-0.39, 0.29) is 6.04 Å². The first-order valence-corrected chi connectivity index (χ1v) is 7.98. The Kier molecular flexibility index (Phi) is 4.90. The molecular formula is C18H23NS. The summed E-state index contributed by atoms with van der Waals surface area (Å²) in [4.78, 5) is 1.33. The van der Waals surface area contributed by atoms with E-state index < -0.39 is 0 Å². The van der Waals surface area contributed by atoms with Gasteiger partial charge in [0.25, 0.3) is 0 Å². The van der Waals surface area contributed by atoms with Crippen LogP contribution in [-0.4, -0.2) is 5.75 Å². The van der Waals surface area contributed by atoms with Crippen LogP contribution in [0, 0.1) is 27.7 Å². The molecule has 0 heterocycles. The van der Waals surface area contributed by atoms with Gasteiger partial charge in [-0.3, -0.25) is 0 Å². The van der Waals surface area contributed by atoms with Crippen LogP contribution in [0.25, 0.3) is 0 Å². The van der Waals surface area contributed by atoms with E-state index in [1.165, 1.54) is 32.7 Å². The number of hydrogen-bond acceptors (Lipinski definition) is 2. The van der Waals surface area contributed by atoms with Crippen molar-refractivity contribution in [2.45, 2.75) is 38.6 Å². The molecule has 0 aliphatic rings. The van der Waals surface area contributed by atoms with Gasteiger partial charge >= 0.3 is 0 Å². The summed E-state index contributed by atoms with van der Waals surface area (Å²) in [5, 5.41) is 0. The predicted octanol–water partition coefficient (Wildman–Crippen LogP) is 4.71. The van der Waals surface area contributed by atoms with E-state index in [1.54, 1.807) is 0 Å². The molecule has 0 aromatic heterocycles. The van der Waals surface area contributed by atoms with Gasteiger partial charge in [0.2, 0.25) is 0 Å². The summed E-state index contributed by atoms with van der Waals surface area (Å²) in [7, 11) is 0. The molecule has 0 bridgehead atoms. The Bertz CT molecular complexity index is 604. The fourth-order valence-corrected chi connectivity index (χ4v) is 3.38. The van der Waals surface area contributed by atoms with Gasteiger partial charge in [0.15, 0.2) is 0 Å². The van der Waals surface area contributed by atoms with Crippen molar-refractivity contribution in [3.8, 4) is 0 Å². The molecule has 2 N–H and O–H groups in total. The van der Waals surface area contributed by atoms with Gasteiger partial charge in [-0.05, 0) is 50.5 Å². The van der Waals surface area contributed by atoms with Crippen molar-refractivity contribution in [2.75, 3.05) is 5.75 Å². The third-order valence-corrected chi connectivity index (χ3v) is 4.88. The average Bonchev–Trinajstić information content (AvgIpc) is 2.40. The lowest BCUT2D eigenvalue weighted by Gasteiger charge is -2.16. The number of rotatable bonds is 4. The highest BCUT2D eigenvalue weighted by Crippen LogP contribution is 2.28. The van der Waals surface area contributed by atoms with Crippen LogP contribution in [0.4, 0.5) is 0 Å². The van der Waals surface area contributed by atoms with Gasteiger partial charge in [0.1, 0.15) is 0 Å². The molecule has 0 radical (unpaired) electrons. The monoisotopic (exact) mass is 285 g/mol. The molecule has 20 heavy (non-hydrogen) atoms. The van der Waals surface area contributed by atoms with Gasteiger partial charge in [0.05, 0.1) is 0 Å². The quantitative estimate of drug-likeness (QED) is 0.823. The summed E-state index contributed by atoms with van der Waals surface area (Å²) in [6.45, 7) is 8.55. The summed E-state index contributed by atoms with van der Waals surface area (Å²) in [6.07, 6.45) is 0. The Balaban J connectivity index is 2.08. The molecule has 0 saturated heterocycles. The van der Waals surface area contributed by atoms with Crippen molar-refractivity contribution < 1.29 is 0 Å². The predicted molar refractivity (Wildman–Crippen MR) is 89.5 cm³/mol. The molecule has 1 atom stereocenters. The average molecular weight is 285 g/mol.